The molecule has 0 amide bonds. The number of aliphatic hydroxyl groups is 1. The summed E-state index contributed by atoms with van der Waals surface area (Å²) in [4.78, 5) is 1.29. The van der Waals surface area contributed by atoms with Crippen molar-refractivity contribution in [3.8, 4) is 0 Å². The van der Waals surface area contributed by atoms with E-state index in [1.54, 1.807) is 18.4 Å². The Labute approximate surface area is 88.7 Å². The lowest BCUT2D eigenvalue weighted by Crippen LogP contribution is -2.31. The minimum atomic E-state index is -0.428. The van der Waals surface area contributed by atoms with Crippen molar-refractivity contribution in [3.05, 3.63) is 22.4 Å². The molecule has 0 aliphatic heterocycles. The molecule has 0 saturated heterocycles. The molecule has 2 N–H and O–H groups in total. The normalized spacial score (nSPS) is 15.4. The minimum Gasteiger partial charge on any atom is -0.389 e. The Hall–Kier alpha value is -0.420. The second-order valence-corrected chi connectivity index (χ2v) is 4.23. The van der Waals surface area contributed by atoms with Crippen LogP contribution in [0, 0.1) is 0 Å². The lowest BCUT2D eigenvalue weighted by atomic mass is 10.2. The minimum absolute atomic E-state index is 0.293. The number of aliphatic hydroxyl groups excluding tert-OH is 1. The standard InChI is InChI=1S/C10H17NO2S/c1-8(10-4-3-5-14-10)11-6-9(12)7-13-2/h3-5,8-9,11-12H,6-7H2,1-2H3/t8-,9?/m1/s1. The predicted octanol–water partition coefficient (Wildman–Crippen LogP) is 1.41. The molecule has 14 heavy (non-hydrogen) atoms. The summed E-state index contributed by atoms with van der Waals surface area (Å²) in [6, 6.07) is 4.41. The summed E-state index contributed by atoms with van der Waals surface area (Å²) in [7, 11) is 1.59. The molecule has 1 heterocycles. The van der Waals surface area contributed by atoms with Crippen LogP contribution in [0.4, 0.5) is 0 Å². The third-order valence-corrected chi connectivity index (χ3v) is 3.04. The van der Waals surface area contributed by atoms with Crippen LogP contribution in [-0.2, 0) is 4.74 Å². The number of hydrogen-bond donors (Lipinski definition) is 2. The van der Waals surface area contributed by atoms with Gasteiger partial charge >= 0.3 is 0 Å². The Balaban J connectivity index is 2.24. The lowest BCUT2D eigenvalue weighted by Gasteiger charge is -2.15. The second kappa shape index (κ2) is 6.14. The van der Waals surface area contributed by atoms with Gasteiger partial charge in [0.15, 0.2) is 0 Å². The van der Waals surface area contributed by atoms with Gasteiger partial charge in [0.25, 0.3) is 0 Å². The average Bonchev–Trinajstić information content (AvgIpc) is 2.67. The largest absolute Gasteiger partial charge is 0.389 e. The highest BCUT2D eigenvalue weighted by Gasteiger charge is 2.08. The van der Waals surface area contributed by atoms with E-state index >= 15 is 0 Å². The van der Waals surface area contributed by atoms with Crippen LogP contribution < -0.4 is 5.32 Å². The molecule has 2 atom stereocenters. The van der Waals surface area contributed by atoms with E-state index in [0.717, 1.165) is 0 Å². The summed E-state index contributed by atoms with van der Waals surface area (Å²) < 4.78 is 4.84. The van der Waals surface area contributed by atoms with Crippen molar-refractivity contribution in [1.29, 1.82) is 0 Å². The van der Waals surface area contributed by atoms with Crippen molar-refractivity contribution in [3.63, 3.8) is 0 Å². The van der Waals surface area contributed by atoms with Crippen molar-refractivity contribution in [1.82, 2.24) is 5.32 Å². The Bertz CT molecular complexity index is 238. The van der Waals surface area contributed by atoms with Crippen LogP contribution in [0.25, 0.3) is 0 Å². The number of thiophene rings is 1. The molecule has 0 saturated carbocycles. The molecule has 0 aromatic carbocycles. The van der Waals surface area contributed by atoms with Crippen molar-refractivity contribution in [2.75, 3.05) is 20.3 Å². The summed E-state index contributed by atoms with van der Waals surface area (Å²) in [6.45, 7) is 3.03. The topological polar surface area (TPSA) is 41.5 Å². The molecule has 0 radical (unpaired) electrons. The molecule has 1 aromatic heterocycles. The van der Waals surface area contributed by atoms with E-state index in [1.165, 1.54) is 4.88 Å². The smallest absolute Gasteiger partial charge is 0.0897 e. The monoisotopic (exact) mass is 215 g/mol. The highest BCUT2D eigenvalue weighted by molar-refractivity contribution is 7.10. The fourth-order valence-electron chi connectivity index (χ4n) is 1.20. The molecule has 1 aromatic rings. The van der Waals surface area contributed by atoms with Gasteiger partial charge in [0, 0.05) is 24.6 Å². The third kappa shape index (κ3) is 3.75. The number of methoxy groups -OCH3 is 1. The molecular formula is C10H17NO2S. The van der Waals surface area contributed by atoms with Crippen LogP contribution in [0.15, 0.2) is 17.5 Å². The van der Waals surface area contributed by atoms with E-state index in [-0.39, 0.29) is 0 Å². The number of hydrogen-bond acceptors (Lipinski definition) is 4. The summed E-state index contributed by atoms with van der Waals surface area (Å²) in [6.07, 6.45) is -0.428. The van der Waals surface area contributed by atoms with Crippen LogP contribution in [0.1, 0.15) is 17.8 Å². The van der Waals surface area contributed by atoms with Crippen molar-refractivity contribution >= 4 is 11.3 Å². The summed E-state index contributed by atoms with van der Waals surface area (Å²) in [5.41, 5.74) is 0. The van der Waals surface area contributed by atoms with Gasteiger partial charge in [-0.2, -0.15) is 0 Å². The van der Waals surface area contributed by atoms with E-state index in [4.69, 9.17) is 4.74 Å². The molecule has 4 heteroatoms. The predicted molar refractivity (Wildman–Crippen MR) is 58.6 cm³/mol. The third-order valence-electron chi connectivity index (χ3n) is 1.99. The molecule has 1 unspecified atom stereocenters. The van der Waals surface area contributed by atoms with E-state index in [2.05, 4.69) is 23.7 Å². The van der Waals surface area contributed by atoms with E-state index in [9.17, 15) is 5.11 Å². The van der Waals surface area contributed by atoms with Crippen LogP contribution in [0.2, 0.25) is 0 Å². The summed E-state index contributed by atoms with van der Waals surface area (Å²) in [5.74, 6) is 0. The molecule has 80 valence electrons. The molecule has 0 bridgehead atoms. The van der Waals surface area contributed by atoms with Gasteiger partial charge in [-0.15, -0.1) is 11.3 Å². The van der Waals surface area contributed by atoms with E-state index in [1.807, 2.05) is 6.07 Å². The quantitative estimate of drug-likeness (QED) is 0.754. The molecule has 3 nitrogen and oxygen atoms in total. The maximum absolute atomic E-state index is 9.41. The Morgan fingerprint density at radius 1 is 1.64 bits per heavy atom. The van der Waals surface area contributed by atoms with Gasteiger partial charge in [-0.1, -0.05) is 6.07 Å². The van der Waals surface area contributed by atoms with Gasteiger partial charge in [0.05, 0.1) is 12.7 Å². The second-order valence-electron chi connectivity index (χ2n) is 3.25. The number of nitrogens with one attached hydrogen (secondary N) is 1. The molecule has 0 fully saturated rings. The first-order valence-electron chi connectivity index (χ1n) is 4.68. The number of ether oxygens (including phenoxy) is 1. The Morgan fingerprint density at radius 2 is 2.43 bits per heavy atom. The summed E-state index contributed by atoms with van der Waals surface area (Å²) in [5, 5.41) is 14.7. The highest BCUT2D eigenvalue weighted by Crippen LogP contribution is 2.17. The molecular weight excluding hydrogens is 198 g/mol. The van der Waals surface area contributed by atoms with Crippen LogP contribution in [0.3, 0.4) is 0 Å². The zero-order valence-electron chi connectivity index (χ0n) is 8.56. The van der Waals surface area contributed by atoms with E-state index in [0.29, 0.717) is 19.2 Å². The number of rotatable bonds is 6. The zero-order chi connectivity index (χ0) is 10.4. The molecule has 0 spiro atoms. The Kier molecular flexibility index (Phi) is 5.11. The van der Waals surface area contributed by atoms with Crippen LogP contribution in [-0.4, -0.2) is 31.5 Å². The highest BCUT2D eigenvalue weighted by atomic mass is 32.1. The van der Waals surface area contributed by atoms with Gasteiger partial charge in [-0.25, -0.2) is 0 Å². The van der Waals surface area contributed by atoms with Gasteiger partial charge in [-0.05, 0) is 18.4 Å². The van der Waals surface area contributed by atoms with Crippen molar-refractivity contribution in [2.24, 2.45) is 0 Å². The van der Waals surface area contributed by atoms with Gasteiger partial charge in [-0.3, -0.25) is 0 Å². The molecule has 0 aliphatic carbocycles. The fourth-order valence-corrected chi connectivity index (χ4v) is 1.96. The maximum atomic E-state index is 9.41. The van der Waals surface area contributed by atoms with Crippen molar-refractivity contribution < 1.29 is 9.84 Å². The average molecular weight is 215 g/mol. The Morgan fingerprint density at radius 3 is 3.00 bits per heavy atom. The SMILES string of the molecule is COCC(O)CN[C@H](C)c1cccs1. The van der Waals surface area contributed by atoms with Gasteiger partial charge in [0.2, 0.25) is 0 Å². The first-order valence-corrected chi connectivity index (χ1v) is 5.55. The fraction of sp³-hybridized carbons (Fsp3) is 0.600. The first-order chi connectivity index (χ1) is 6.74. The van der Waals surface area contributed by atoms with Gasteiger partial charge < -0.3 is 15.2 Å². The first kappa shape index (κ1) is 11.7. The van der Waals surface area contributed by atoms with Gasteiger partial charge in [0.1, 0.15) is 0 Å². The zero-order valence-corrected chi connectivity index (χ0v) is 9.38. The van der Waals surface area contributed by atoms with E-state index < -0.39 is 6.10 Å². The van der Waals surface area contributed by atoms with Crippen molar-refractivity contribution in [2.45, 2.75) is 19.1 Å². The molecule has 1 rings (SSSR count). The maximum Gasteiger partial charge on any atom is 0.0897 e. The molecule has 0 aliphatic rings. The van der Waals surface area contributed by atoms with Crippen LogP contribution >= 0.6 is 11.3 Å². The summed E-state index contributed by atoms with van der Waals surface area (Å²) >= 11 is 1.72. The van der Waals surface area contributed by atoms with Crippen LogP contribution in [0.5, 0.6) is 0 Å². The lowest BCUT2D eigenvalue weighted by molar-refractivity contribution is 0.0631.